The maximum atomic E-state index is 13.3. The molecular formula is C17H25FO. The van der Waals surface area contributed by atoms with Crippen LogP contribution in [0.5, 0.6) is 0 Å². The molecule has 1 aromatic rings. The van der Waals surface area contributed by atoms with Crippen molar-refractivity contribution in [3.8, 4) is 0 Å². The van der Waals surface area contributed by atoms with Gasteiger partial charge in [-0.25, -0.2) is 4.39 Å². The number of halogens is 1. The summed E-state index contributed by atoms with van der Waals surface area (Å²) in [4.78, 5) is 0. The third-order valence-electron chi connectivity index (χ3n) is 4.19. The second-order valence-electron chi connectivity index (χ2n) is 7.85. The Bertz CT molecular complexity index is 472. The molecule has 0 bridgehead atoms. The molecule has 2 rings (SSSR count). The number of aryl methyl sites for hydroxylation is 1. The standard InChI is InChI=1S/C17H25FO/c1-12-8-13(18)6-7-14(12)17(19)10-15(2,3)9-16(4,5)11-17/h6-8,19H,9-11H2,1-5H3. The molecule has 2 heteroatoms. The lowest BCUT2D eigenvalue weighted by Crippen LogP contribution is -2.44. The van der Waals surface area contributed by atoms with Crippen molar-refractivity contribution in [1.29, 1.82) is 0 Å². The zero-order valence-corrected chi connectivity index (χ0v) is 12.7. The van der Waals surface area contributed by atoms with E-state index in [9.17, 15) is 9.50 Å². The van der Waals surface area contributed by atoms with E-state index in [-0.39, 0.29) is 16.6 Å². The van der Waals surface area contributed by atoms with E-state index >= 15 is 0 Å². The molecule has 0 amide bonds. The molecule has 1 nitrogen and oxygen atoms in total. The van der Waals surface area contributed by atoms with E-state index in [4.69, 9.17) is 0 Å². The van der Waals surface area contributed by atoms with Gasteiger partial charge in [-0.05, 0) is 60.3 Å². The van der Waals surface area contributed by atoms with Gasteiger partial charge in [-0.3, -0.25) is 0 Å². The molecule has 0 unspecified atom stereocenters. The summed E-state index contributed by atoms with van der Waals surface area (Å²) in [5, 5.41) is 11.2. The van der Waals surface area contributed by atoms with E-state index in [1.165, 1.54) is 12.1 Å². The monoisotopic (exact) mass is 264 g/mol. The molecule has 0 atom stereocenters. The van der Waals surface area contributed by atoms with Gasteiger partial charge in [-0.1, -0.05) is 33.8 Å². The van der Waals surface area contributed by atoms with Gasteiger partial charge in [-0.2, -0.15) is 0 Å². The fourth-order valence-electron chi connectivity index (χ4n) is 4.41. The van der Waals surface area contributed by atoms with Crippen LogP contribution in [-0.4, -0.2) is 5.11 Å². The van der Waals surface area contributed by atoms with Crippen LogP contribution in [0.1, 0.15) is 58.1 Å². The maximum absolute atomic E-state index is 13.3. The second-order valence-corrected chi connectivity index (χ2v) is 7.85. The Hall–Kier alpha value is -0.890. The summed E-state index contributed by atoms with van der Waals surface area (Å²) in [5.41, 5.74) is 1.07. The van der Waals surface area contributed by atoms with Crippen molar-refractivity contribution in [3.05, 3.63) is 35.1 Å². The Balaban J connectivity index is 2.46. The molecule has 1 aliphatic carbocycles. The van der Waals surface area contributed by atoms with E-state index in [1.807, 2.05) is 6.92 Å². The van der Waals surface area contributed by atoms with Crippen molar-refractivity contribution in [2.24, 2.45) is 10.8 Å². The van der Waals surface area contributed by atoms with E-state index < -0.39 is 5.60 Å². The SMILES string of the molecule is Cc1cc(F)ccc1C1(O)CC(C)(C)CC(C)(C)C1. The topological polar surface area (TPSA) is 20.2 Å². The minimum Gasteiger partial charge on any atom is -0.385 e. The van der Waals surface area contributed by atoms with E-state index in [1.54, 1.807) is 6.07 Å². The molecule has 0 aromatic heterocycles. The number of hydrogen-bond donors (Lipinski definition) is 1. The van der Waals surface area contributed by atoms with Crippen molar-refractivity contribution < 1.29 is 9.50 Å². The van der Waals surface area contributed by atoms with Crippen LogP contribution in [0.2, 0.25) is 0 Å². The van der Waals surface area contributed by atoms with Gasteiger partial charge in [0.1, 0.15) is 5.82 Å². The Morgan fingerprint density at radius 2 is 1.53 bits per heavy atom. The summed E-state index contributed by atoms with van der Waals surface area (Å²) in [7, 11) is 0. The summed E-state index contributed by atoms with van der Waals surface area (Å²) in [6.07, 6.45) is 2.56. The first-order chi connectivity index (χ1) is 8.53. The molecule has 1 fully saturated rings. The predicted octanol–water partition coefficient (Wildman–Crippen LogP) is 4.56. The van der Waals surface area contributed by atoms with Gasteiger partial charge in [0.25, 0.3) is 0 Å². The smallest absolute Gasteiger partial charge is 0.123 e. The first-order valence-electron chi connectivity index (χ1n) is 7.02. The number of aliphatic hydroxyl groups is 1. The molecule has 1 aromatic carbocycles. The maximum Gasteiger partial charge on any atom is 0.123 e. The Morgan fingerprint density at radius 1 is 1.00 bits per heavy atom. The molecule has 1 N–H and O–H groups in total. The zero-order chi connectivity index (χ0) is 14.5. The van der Waals surface area contributed by atoms with Crippen LogP contribution < -0.4 is 0 Å². The molecule has 0 radical (unpaired) electrons. The van der Waals surface area contributed by atoms with Crippen molar-refractivity contribution >= 4 is 0 Å². The normalized spacial score (nSPS) is 24.2. The predicted molar refractivity (Wildman–Crippen MR) is 76.4 cm³/mol. The zero-order valence-electron chi connectivity index (χ0n) is 12.7. The van der Waals surface area contributed by atoms with Crippen LogP contribution in [0.4, 0.5) is 4.39 Å². The minimum atomic E-state index is -0.844. The fourth-order valence-corrected chi connectivity index (χ4v) is 4.41. The van der Waals surface area contributed by atoms with Crippen LogP contribution in [0.25, 0.3) is 0 Å². The third-order valence-corrected chi connectivity index (χ3v) is 4.19. The lowest BCUT2D eigenvalue weighted by atomic mass is 9.58. The average Bonchev–Trinajstić information content (AvgIpc) is 2.09. The summed E-state index contributed by atoms with van der Waals surface area (Å²) in [5.74, 6) is -0.237. The largest absolute Gasteiger partial charge is 0.385 e. The first-order valence-corrected chi connectivity index (χ1v) is 7.02. The number of benzene rings is 1. The van der Waals surface area contributed by atoms with Crippen molar-refractivity contribution in [1.82, 2.24) is 0 Å². The van der Waals surface area contributed by atoms with Crippen LogP contribution in [0.15, 0.2) is 18.2 Å². The van der Waals surface area contributed by atoms with Gasteiger partial charge in [0, 0.05) is 0 Å². The summed E-state index contributed by atoms with van der Waals surface area (Å²) < 4.78 is 13.3. The van der Waals surface area contributed by atoms with Crippen molar-refractivity contribution in [2.75, 3.05) is 0 Å². The van der Waals surface area contributed by atoms with Crippen LogP contribution in [0.3, 0.4) is 0 Å². The lowest BCUT2D eigenvalue weighted by molar-refractivity contribution is -0.0916. The second kappa shape index (κ2) is 4.31. The first kappa shape index (κ1) is 14.5. The van der Waals surface area contributed by atoms with Crippen LogP contribution in [0, 0.1) is 23.6 Å². The Morgan fingerprint density at radius 3 is 2.00 bits per heavy atom. The molecule has 1 aliphatic rings. The molecule has 0 aliphatic heterocycles. The minimum absolute atomic E-state index is 0.0946. The quantitative estimate of drug-likeness (QED) is 0.788. The van der Waals surface area contributed by atoms with E-state index in [2.05, 4.69) is 27.7 Å². The van der Waals surface area contributed by atoms with E-state index in [0.717, 1.165) is 30.4 Å². The summed E-state index contributed by atoms with van der Waals surface area (Å²) in [6, 6.07) is 4.72. The molecule has 106 valence electrons. The van der Waals surface area contributed by atoms with Gasteiger partial charge < -0.3 is 5.11 Å². The Kier molecular flexibility index (Phi) is 3.29. The third kappa shape index (κ3) is 3.00. The molecule has 0 heterocycles. The Labute approximate surface area is 115 Å². The van der Waals surface area contributed by atoms with E-state index in [0.29, 0.717) is 0 Å². The van der Waals surface area contributed by atoms with Gasteiger partial charge in [0.15, 0.2) is 0 Å². The highest BCUT2D eigenvalue weighted by Crippen LogP contribution is 2.54. The van der Waals surface area contributed by atoms with Gasteiger partial charge in [0.05, 0.1) is 5.60 Å². The highest BCUT2D eigenvalue weighted by atomic mass is 19.1. The molecule has 1 saturated carbocycles. The molecule has 0 saturated heterocycles. The molecule has 0 spiro atoms. The van der Waals surface area contributed by atoms with Gasteiger partial charge >= 0.3 is 0 Å². The van der Waals surface area contributed by atoms with Crippen LogP contribution >= 0.6 is 0 Å². The molecular weight excluding hydrogens is 239 g/mol. The number of rotatable bonds is 1. The van der Waals surface area contributed by atoms with Crippen LogP contribution in [-0.2, 0) is 5.60 Å². The van der Waals surface area contributed by atoms with Crippen molar-refractivity contribution in [2.45, 2.75) is 59.5 Å². The highest BCUT2D eigenvalue weighted by Gasteiger charge is 2.47. The average molecular weight is 264 g/mol. The summed E-state index contributed by atoms with van der Waals surface area (Å²) in [6.45, 7) is 10.7. The highest BCUT2D eigenvalue weighted by molar-refractivity contribution is 5.33. The van der Waals surface area contributed by atoms with Gasteiger partial charge in [-0.15, -0.1) is 0 Å². The fraction of sp³-hybridized carbons (Fsp3) is 0.647. The van der Waals surface area contributed by atoms with Crippen molar-refractivity contribution in [3.63, 3.8) is 0 Å². The number of hydrogen-bond acceptors (Lipinski definition) is 1. The summed E-state index contributed by atoms with van der Waals surface area (Å²) >= 11 is 0. The lowest BCUT2D eigenvalue weighted by Gasteiger charge is -2.50. The molecule has 19 heavy (non-hydrogen) atoms. The van der Waals surface area contributed by atoms with Gasteiger partial charge in [0.2, 0.25) is 0 Å².